The van der Waals surface area contributed by atoms with E-state index >= 15 is 0 Å². The van der Waals surface area contributed by atoms with E-state index in [9.17, 15) is 9.59 Å². The predicted octanol–water partition coefficient (Wildman–Crippen LogP) is 1.55. The van der Waals surface area contributed by atoms with Crippen molar-refractivity contribution in [1.29, 1.82) is 0 Å². The Morgan fingerprint density at radius 1 is 1.50 bits per heavy atom. The molecule has 0 aliphatic heterocycles. The zero-order valence-electron chi connectivity index (χ0n) is 9.10. The topological polar surface area (TPSA) is 70.8 Å². The van der Waals surface area contributed by atoms with Gasteiger partial charge in [0.2, 0.25) is 0 Å². The van der Waals surface area contributed by atoms with E-state index in [1.54, 1.807) is 19.2 Å². The molecule has 0 aliphatic carbocycles. The Labute approximate surface area is 97.4 Å². The molecule has 1 heterocycles. The minimum absolute atomic E-state index is 0.0711. The van der Waals surface area contributed by atoms with Crippen molar-refractivity contribution in [3.63, 3.8) is 0 Å². The molecule has 0 atom stereocenters. The number of carboxylic acid groups (broad SMARTS) is 1. The van der Waals surface area contributed by atoms with E-state index in [1.165, 1.54) is 16.7 Å². The highest BCUT2D eigenvalue weighted by Crippen LogP contribution is 2.18. The SMILES string of the molecule is CSc1ccc(C(=O)N(C)CCC(=O)O)o1. The lowest BCUT2D eigenvalue weighted by molar-refractivity contribution is -0.137. The number of nitrogens with zero attached hydrogens (tertiary/aromatic N) is 1. The minimum atomic E-state index is -0.927. The molecule has 0 spiro atoms. The van der Waals surface area contributed by atoms with Crippen LogP contribution in [0.25, 0.3) is 0 Å². The molecule has 88 valence electrons. The van der Waals surface area contributed by atoms with E-state index in [4.69, 9.17) is 9.52 Å². The van der Waals surface area contributed by atoms with Crippen LogP contribution in [0.2, 0.25) is 0 Å². The molecule has 0 bridgehead atoms. The molecule has 1 aromatic heterocycles. The molecule has 5 nitrogen and oxygen atoms in total. The molecule has 0 saturated carbocycles. The zero-order valence-corrected chi connectivity index (χ0v) is 9.91. The van der Waals surface area contributed by atoms with E-state index < -0.39 is 5.97 Å². The van der Waals surface area contributed by atoms with Gasteiger partial charge in [-0.25, -0.2) is 0 Å². The summed E-state index contributed by atoms with van der Waals surface area (Å²) in [5.74, 6) is -0.998. The van der Waals surface area contributed by atoms with Crippen molar-refractivity contribution >= 4 is 23.6 Å². The number of aliphatic carboxylic acids is 1. The molecular weight excluding hydrogens is 230 g/mol. The molecule has 0 aliphatic rings. The van der Waals surface area contributed by atoms with Gasteiger partial charge in [0, 0.05) is 13.6 Å². The second-order valence-corrected chi connectivity index (χ2v) is 4.00. The molecule has 0 radical (unpaired) electrons. The van der Waals surface area contributed by atoms with Crippen molar-refractivity contribution in [2.45, 2.75) is 11.5 Å². The summed E-state index contributed by atoms with van der Waals surface area (Å²) < 4.78 is 5.25. The first-order valence-corrected chi connectivity index (χ1v) is 5.88. The number of rotatable bonds is 5. The Morgan fingerprint density at radius 2 is 2.19 bits per heavy atom. The van der Waals surface area contributed by atoms with Crippen LogP contribution >= 0.6 is 11.8 Å². The van der Waals surface area contributed by atoms with Crippen molar-refractivity contribution in [2.75, 3.05) is 19.8 Å². The maximum Gasteiger partial charge on any atom is 0.305 e. The fraction of sp³-hybridized carbons (Fsp3) is 0.400. The molecule has 1 aromatic rings. The third kappa shape index (κ3) is 3.30. The number of carbonyl (C=O) groups is 2. The molecule has 1 amide bonds. The zero-order chi connectivity index (χ0) is 12.1. The van der Waals surface area contributed by atoms with Crippen molar-refractivity contribution in [1.82, 2.24) is 4.90 Å². The molecule has 16 heavy (non-hydrogen) atoms. The fourth-order valence-corrected chi connectivity index (χ4v) is 1.48. The second-order valence-electron chi connectivity index (χ2n) is 3.19. The van der Waals surface area contributed by atoms with Gasteiger partial charge < -0.3 is 14.4 Å². The summed E-state index contributed by atoms with van der Waals surface area (Å²) in [6, 6.07) is 3.30. The van der Waals surface area contributed by atoms with Gasteiger partial charge >= 0.3 is 5.97 Å². The molecule has 0 unspecified atom stereocenters. The average Bonchev–Trinajstić information content (AvgIpc) is 2.73. The summed E-state index contributed by atoms with van der Waals surface area (Å²) in [4.78, 5) is 23.4. The molecule has 1 rings (SSSR count). The van der Waals surface area contributed by atoms with Crippen LogP contribution in [0.3, 0.4) is 0 Å². The van der Waals surface area contributed by atoms with Crippen molar-refractivity contribution in [3.05, 3.63) is 17.9 Å². The summed E-state index contributed by atoms with van der Waals surface area (Å²) in [5.41, 5.74) is 0. The Morgan fingerprint density at radius 3 is 2.69 bits per heavy atom. The van der Waals surface area contributed by atoms with Gasteiger partial charge in [-0.2, -0.15) is 0 Å². The molecule has 0 saturated heterocycles. The Kier molecular flexibility index (Phi) is 4.42. The van der Waals surface area contributed by atoms with Crippen molar-refractivity contribution in [2.24, 2.45) is 0 Å². The molecule has 0 aromatic carbocycles. The van der Waals surface area contributed by atoms with Crippen LogP contribution in [0.1, 0.15) is 17.0 Å². The first-order chi connectivity index (χ1) is 7.54. The van der Waals surface area contributed by atoms with Gasteiger partial charge in [0.15, 0.2) is 10.9 Å². The maximum atomic E-state index is 11.7. The highest BCUT2D eigenvalue weighted by atomic mass is 32.2. The van der Waals surface area contributed by atoms with E-state index in [0.717, 1.165) is 0 Å². The normalized spacial score (nSPS) is 10.1. The summed E-state index contributed by atoms with van der Waals surface area (Å²) in [7, 11) is 1.55. The third-order valence-corrected chi connectivity index (χ3v) is 2.62. The van der Waals surface area contributed by atoms with E-state index in [0.29, 0.717) is 5.09 Å². The van der Waals surface area contributed by atoms with Crippen LogP contribution in [0.5, 0.6) is 0 Å². The lowest BCUT2D eigenvalue weighted by Crippen LogP contribution is -2.28. The number of hydrogen-bond donors (Lipinski definition) is 1. The maximum absolute atomic E-state index is 11.7. The lowest BCUT2D eigenvalue weighted by atomic mass is 10.3. The van der Waals surface area contributed by atoms with Gasteiger partial charge in [-0.3, -0.25) is 9.59 Å². The Bertz CT molecular complexity index is 388. The van der Waals surface area contributed by atoms with Gasteiger partial charge in [-0.05, 0) is 18.4 Å². The Balaban J connectivity index is 2.59. The van der Waals surface area contributed by atoms with Crippen LogP contribution in [-0.4, -0.2) is 41.7 Å². The van der Waals surface area contributed by atoms with Gasteiger partial charge in [0.05, 0.1) is 6.42 Å². The van der Waals surface area contributed by atoms with Gasteiger partial charge in [-0.15, -0.1) is 0 Å². The first kappa shape index (κ1) is 12.6. The number of amides is 1. The van der Waals surface area contributed by atoms with Crippen LogP contribution in [0, 0.1) is 0 Å². The predicted molar refractivity (Wildman–Crippen MR) is 59.7 cm³/mol. The van der Waals surface area contributed by atoms with E-state index in [-0.39, 0.29) is 24.6 Å². The molecular formula is C10H13NO4S. The van der Waals surface area contributed by atoms with Crippen molar-refractivity contribution < 1.29 is 19.1 Å². The van der Waals surface area contributed by atoms with Crippen molar-refractivity contribution in [3.8, 4) is 0 Å². The fourth-order valence-electron chi connectivity index (χ4n) is 1.10. The second kappa shape index (κ2) is 5.60. The number of carboxylic acids is 1. The number of furan rings is 1. The quantitative estimate of drug-likeness (QED) is 0.794. The first-order valence-electron chi connectivity index (χ1n) is 4.65. The molecule has 0 fully saturated rings. The monoisotopic (exact) mass is 243 g/mol. The van der Waals surface area contributed by atoms with Gasteiger partial charge in [-0.1, -0.05) is 11.8 Å². The standard InChI is InChI=1S/C10H13NO4S/c1-11(6-5-8(12)13)10(14)7-3-4-9(15-7)16-2/h3-4H,5-6H2,1-2H3,(H,12,13). The highest BCUT2D eigenvalue weighted by Gasteiger charge is 2.16. The average molecular weight is 243 g/mol. The summed E-state index contributed by atoms with van der Waals surface area (Å²) in [6.07, 6.45) is 1.78. The minimum Gasteiger partial charge on any atom is -0.481 e. The van der Waals surface area contributed by atoms with Gasteiger partial charge in [0.25, 0.3) is 5.91 Å². The largest absolute Gasteiger partial charge is 0.481 e. The smallest absolute Gasteiger partial charge is 0.305 e. The number of hydrogen-bond acceptors (Lipinski definition) is 4. The highest BCUT2D eigenvalue weighted by molar-refractivity contribution is 7.98. The van der Waals surface area contributed by atoms with Crippen LogP contribution in [0.15, 0.2) is 21.6 Å². The molecule has 6 heteroatoms. The summed E-state index contributed by atoms with van der Waals surface area (Å²) in [6.45, 7) is 0.170. The number of carbonyl (C=O) groups excluding carboxylic acids is 1. The third-order valence-electron chi connectivity index (χ3n) is 2.00. The lowest BCUT2D eigenvalue weighted by Gasteiger charge is -2.13. The number of thioether (sulfide) groups is 1. The van der Waals surface area contributed by atoms with Crippen LogP contribution in [-0.2, 0) is 4.79 Å². The Hall–Kier alpha value is -1.43. The summed E-state index contributed by atoms with van der Waals surface area (Å²) >= 11 is 1.41. The van der Waals surface area contributed by atoms with Gasteiger partial charge in [0.1, 0.15) is 0 Å². The van der Waals surface area contributed by atoms with Crippen LogP contribution < -0.4 is 0 Å². The summed E-state index contributed by atoms with van der Waals surface area (Å²) in [5, 5.41) is 9.15. The van der Waals surface area contributed by atoms with E-state index in [1.807, 2.05) is 6.26 Å². The van der Waals surface area contributed by atoms with Crippen LogP contribution in [0.4, 0.5) is 0 Å². The molecule has 1 N–H and O–H groups in total. The van der Waals surface area contributed by atoms with E-state index in [2.05, 4.69) is 0 Å².